The van der Waals surface area contributed by atoms with Crippen LogP contribution in [-0.2, 0) is 24.5 Å². The molecule has 2 unspecified atom stereocenters. The molecule has 1 aliphatic heterocycles. The fraction of sp³-hybridized carbons (Fsp3) is 0.667. The lowest BCUT2D eigenvalue weighted by Crippen LogP contribution is -2.34. The third kappa shape index (κ3) is 1.69. The standard InChI is InChI=1S/C3HF3O4S/c4-3(5,6)1-2(7)10-11(8)9-1/h1H. The highest BCUT2D eigenvalue weighted by Crippen LogP contribution is 2.28. The maximum atomic E-state index is 11.6. The monoisotopic (exact) mass is 190 g/mol. The quantitative estimate of drug-likeness (QED) is 0.542. The SMILES string of the molecule is O=C1OS(=O)OC1C(F)(F)F. The second-order valence-corrected chi connectivity index (χ2v) is 2.39. The second-order valence-electron chi connectivity index (χ2n) is 1.62. The number of hydrogen-bond acceptors (Lipinski definition) is 4. The highest BCUT2D eigenvalue weighted by molar-refractivity contribution is 7.76. The molecule has 0 bridgehead atoms. The van der Waals surface area contributed by atoms with Crippen LogP contribution in [0.5, 0.6) is 0 Å². The number of alkyl halides is 3. The molecule has 0 aromatic heterocycles. The highest BCUT2D eigenvalue weighted by Gasteiger charge is 2.53. The summed E-state index contributed by atoms with van der Waals surface area (Å²) in [7, 11) is 0. The topological polar surface area (TPSA) is 52.6 Å². The molecule has 11 heavy (non-hydrogen) atoms. The van der Waals surface area contributed by atoms with Crippen molar-refractivity contribution in [1.29, 1.82) is 0 Å². The summed E-state index contributed by atoms with van der Waals surface area (Å²) in [4.78, 5) is 10.2. The average molecular weight is 190 g/mol. The summed E-state index contributed by atoms with van der Waals surface area (Å²) in [6, 6.07) is 0. The van der Waals surface area contributed by atoms with Crippen LogP contribution < -0.4 is 0 Å². The molecule has 0 aromatic carbocycles. The average Bonchev–Trinajstić information content (AvgIpc) is 2.08. The van der Waals surface area contributed by atoms with Gasteiger partial charge in [-0.15, -0.1) is 0 Å². The number of rotatable bonds is 0. The smallest absolute Gasteiger partial charge is 0.340 e. The Balaban J connectivity index is 2.76. The number of halogens is 3. The lowest BCUT2D eigenvalue weighted by Gasteiger charge is -2.06. The Morgan fingerprint density at radius 1 is 1.45 bits per heavy atom. The highest BCUT2D eigenvalue weighted by atomic mass is 32.2. The zero-order valence-corrected chi connectivity index (χ0v) is 5.57. The van der Waals surface area contributed by atoms with Crippen molar-refractivity contribution in [2.45, 2.75) is 12.3 Å². The van der Waals surface area contributed by atoms with Crippen LogP contribution in [0.1, 0.15) is 0 Å². The van der Waals surface area contributed by atoms with Crippen molar-refractivity contribution in [3.63, 3.8) is 0 Å². The fourth-order valence-corrected chi connectivity index (χ4v) is 1.04. The third-order valence-corrected chi connectivity index (χ3v) is 1.49. The molecule has 1 aliphatic rings. The normalized spacial score (nSPS) is 32.1. The molecule has 64 valence electrons. The van der Waals surface area contributed by atoms with Gasteiger partial charge in [0, 0.05) is 0 Å². The van der Waals surface area contributed by atoms with Gasteiger partial charge in [-0.05, 0) is 0 Å². The van der Waals surface area contributed by atoms with Gasteiger partial charge in [-0.25, -0.2) is 8.98 Å². The first-order valence-electron chi connectivity index (χ1n) is 2.29. The summed E-state index contributed by atoms with van der Waals surface area (Å²) >= 11 is -2.60. The van der Waals surface area contributed by atoms with E-state index in [0.29, 0.717) is 0 Å². The van der Waals surface area contributed by atoms with Crippen LogP contribution in [0, 0.1) is 0 Å². The lowest BCUT2D eigenvalue weighted by atomic mass is 10.4. The van der Waals surface area contributed by atoms with E-state index in [1.807, 2.05) is 0 Å². The van der Waals surface area contributed by atoms with E-state index >= 15 is 0 Å². The zero-order valence-electron chi connectivity index (χ0n) is 4.75. The van der Waals surface area contributed by atoms with Gasteiger partial charge in [0.2, 0.25) is 0 Å². The summed E-state index contributed by atoms with van der Waals surface area (Å²) in [5.74, 6) is -1.67. The minimum Gasteiger partial charge on any atom is -0.340 e. The molecule has 0 radical (unpaired) electrons. The van der Waals surface area contributed by atoms with Crippen LogP contribution in [-0.4, -0.2) is 22.5 Å². The Kier molecular flexibility index (Phi) is 1.89. The van der Waals surface area contributed by atoms with E-state index in [0.717, 1.165) is 0 Å². The molecule has 2 atom stereocenters. The van der Waals surface area contributed by atoms with Gasteiger partial charge in [0.05, 0.1) is 0 Å². The minimum atomic E-state index is -4.86. The Bertz CT molecular complexity index is 211. The van der Waals surface area contributed by atoms with E-state index in [2.05, 4.69) is 8.37 Å². The fourth-order valence-electron chi connectivity index (χ4n) is 0.436. The van der Waals surface area contributed by atoms with E-state index in [1.165, 1.54) is 0 Å². The maximum Gasteiger partial charge on any atom is 0.427 e. The molecular formula is C3HF3O4S. The molecule has 0 aromatic rings. The predicted molar refractivity (Wildman–Crippen MR) is 25.2 cm³/mol. The van der Waals surface area contributed by atoms with Crippen molar-refractivity contribution < 1.29 is 30.5 Å². The molecule has 0 amide bonds. The molecule has 8 heteroatoms. The first-order chi connectivity index (χ1) is 4.91. The van der Waals surface area contributed by atoms with Crippen LogP contribution in [0.3, 0.4) is 0 Å². The number of carbonyl (C=O) groups is 1. The minimum absolute atomic E-state index is 1.67. The van der Waals surface area contributed by atoms with Crippen molar-refractivity contribution in [2.24, 2.45) is 0 Å². The van der Waals surface area contributed by atoms with Crippen molar-refractivity contribution >= 4 is 17.3 Å². The van der Waals surface area contributed by atoms with Crippen LogP contribution in [0.25, 0.3) is 0 Å². The van der Waals surface area contributed by atoms with E-state index in [1.54, 1.807) is 0 Å². The predicted octanol–water partition coefficient (Wildman–Crippen LogP) is 0.0694. The first-order valence-corrected chi connectivity index (χ1v) is 3.29. The first kappa shape index (κ1) is 8.47. The van der Waals surface area contributed by atoms with Gasteiger partial charge in [0.25, 0.3) is 6.10 Å². The van der Waals surface area contributed by atoms with Crippen molar-refractivity contribution in [3.8, 4) is 0 Å². The number of hydrogen-bond donors (Lipinski definition) is 0. The van der Waals surface area contributed by atoms with E-state index in [-0.39, 0.29) is 0 Å². The summed E-state index contributed by atoms with van der Waals surface area (Å²) in [5, 5.41) is 0. The van der Waals surface area contributed by atoms with Crippen molar-refractivity contribution in [2.75, 3.05) is 0 Å². The molecule has 0 spiro atoms. The van der Waals surface area contributed by atoms with Crippen molar-refractivity contribution in [1.82, 2.24) is 0 Å². The largest absolute Gasteiger partial charge is 0.427 e. The number of carbonyl (C=O) groups excluding carboxylic acids is 1. The van der Waals surface area contributed by atoms with E-state index < -0.39 is 29.6 Å². The second kappa shape index (κ2) is 2.45. The summed E-state index contributed by atoms with van der Waals surface area (Å²) < 4.78 is 52.1. The molecule has 0 aliphatic carbocycles. The molecule has 0 N–H and O–H groups in total. The molecule has 1 fully saturated rings. The zero-order chi connectivity index (χ0) is 8.65. The van der Waals surface area contributed by atoms with Gasteiger partial charge in [-0.1, -0.05) is 0 Å². The molecule has 1 rings (SSSR count). The van der Waals surface area contributed by atoms with E-state index in [4.69, 9.17) is 0 Å². The summed E-state index contributed by atoms with van der Waals surface area (Å²) in [6.45, 7) is 0. The Morgan fingerprint density at radius 3 is 2.18 bits per heavy atom. The van der Waals surface area contributed by atoms with Crippen LogP contribution in [0.15, 0.2) is 0 Å². The molecule has 1 heterocycles. The summed E-state index contributed by atoms with van der Waals surface area (Å²) in [6.07, 6.45) is -7.56. The lowest BCUT2D eigenvalue weighted by molar-refractivity contribution is -0.195. The van der Waals surface area contributed by atoms with Gasteiger partial charge < -0.3 is 4.18 Å². The molecule has 0 saturated carbocycles. The molecule has 4 nitrogen and oxygen atoms in total. The van der Waals surface area contributed by atoms with Crippen LogP contribution >= 0.6 is 0 Å². The third-order valence-electron chi connectivity index (χ3n) is 0.836. The van der Waals surface area contributed by atoms with Gasteiger partial charge in [0.1, 0.15) is 0 Å². The van der Waals surface area contributed by atoms with Gasteiger partial charge in [0.15, 0.2) is 0 Å². The van der Waals surface area contributed by atoms with Gasteiger partial charge >= 0.3 is 23.5 Å². The molecular weight excluding hydrogens is 189 g/mol. The van der Waals surface area contributed by atoms with E-state index in [9.17, 15) is 22.2 Å². The maximum absolute atomic E-state index is 11.6. The Morgan fingerprint density at radius 2 is 2.00 bits per heavy atom. The van der Waals surface area contributed by atoms with Gasteiger partial charge in [-0.2, -0.15) is 17.4 Å². The molecule has 1 saturated heterocycles. The van der Waals surface area contributed by atoms with Crippen LogP contribution in [0.4, 0.5) is 13.2 Å². The Hall–Kier alpha value is -0.630. The summed E-state index contributed by atoms with van der Waals surface area (Å²) in [5.41, 5.74) is 0. The van der Waals surface area contributed by atoms with Crippen LogP contribution in [0.2, 0.25) is 0 Å². The Labute approximate surface area is 61.1 Å². The van der Waals surface area contributed by atoms with Crippen molar-refractivity contribution in [3.05, 3.63) is 0 Å². The van der Waals surface area contributed by atoms with Gasteiger partial charge in [-0.3, -0.25) is 0 Å².